The Hall–Kier alpha value is -0.770. The van der Waals surface area contributed by atoms with E-state index >= 15 is 0 Å². The van der Waals surface area contributed by atoms with Gasteiger partial charge in [-0.25, -0.2) is 0 Å². The van der Waals surface area contributed by atoms with Crippen molar-refractivity contribution in [2.75, 3.05) is 19.8 Å². The maximum Gasteiger partial charge on any atom is 0.137 e. The first kappa shape index (κ1) is 12.7. The summed E-state index contributed by atoms with van der Waals surface area (Å²) in [6.07, 6.45) is 1.07. The van der Waals surface area contributed by atoms with E-state index in [1.54, 1.807) is 0 Å². The molecule has 2 rings (SSSR count). The summed E-state index contributed by atoms with van der Waals surface area (Å²) in [5.74, 6) is 1.21. The number of halogens is 1. The highest BCUT2D eigenvalue weighted by atomic mass is 35.5. The minimum atomic E-state index is -0.00946. The van der Waals surface area contributed by atoms with Gasteiger partial charge in [-0.05, 0) is 31.0 Å². The maximum atomic E-state index is 6.15. The molecule has 1 aliphatic rings. The van der Waals surface area contributed by atoms with Crippen LogP contribution < -0.4 is 10.5 Å². The quantitative estimate of drug-likeness (QED) is 0.900. The number of hydrogen-bond donors (Lipinski definition) is 1. The van der Waals surface area contributed by atoms with Crippen molar-refractivity contribution in [3.63, 3.8) is 0 Å². The Morgan fingerprint density at radius 2 is 2.41 bits per heavy atom. The number of nitrogens with two attached hydrogens (primary N) is 1. The van der Waals surface area contributed by atoms with Crippen LogP contribution in [-0.4, -0.2) is 19.8 Å². The summed E-state index contributed by atoms with van der Waals surface area (Å²) in [6.45, 7) is 4.22. The molecule has 4 heteroatoms. The average Bonchev–Trinajstić information content (AvgIpc) is 2.80. The summed E-state index contributed by atoms with van der Waals surface area (Å²) < 4.78 is 11.0. The summed E-state index contributed by atoms with van der Waals surface area (Å²) in [4.78, 5) is 0. The van der Waals surface area contributed by atoms with E-state index in [9.17, 15) is 0 Å². The zero-order valence-corrected chi connectivity index (χ0v) is 10.7. The fraction of sp³-hybridized carbons (Fsp3) is 0.538. The Morgan fingerprint density at radius 3 is 3.00 bits per heavy atom. The minimum Gasteiger partial charge on any atom is -0.492 e. The molecule has 0 bridgehead atoms. The normalized spacial score (nSPS) is 21.5. The van der Waals surface area contributed by atoms with Gasteiger partial charge in [-0.15, -0.1) is 0 Å². The molecule has 1 aliphatic heterocycles. The van der Waals surface area contributed by atoms with Crippen LogP contribution in [0.4, 0.5) is 0 Å². The Labute approximate surface area is 107 Å². The second-order valence-electron chi connectivity index (χ2n) is 4.52. The second-order valence-corrected chi connectivity index (χ2v) is 4.93. The van der Waals surface area contributed by atoms with Gasteiger partial charge < -0.3 is 15.2 Å². The van der Waals surface area contributed by atoms with Crippen molar-refractivity contribution < 1.29 is 9.47 Å². The highest BCUT2D eigenvalue weighted by Crippen LogP contribution is 2.28. The van der Waals surface area contributed by atoms with E-state index in [2.05, 4.69) is 0 Å². The van der Waals surface area contributed by atoms with E-state index in [0.29, 0.717) is 17.5 Å². The third-order valence-corrected chi connectivity index (χ3v) is 3.28. The van der Waals surface area contributed by atoms with Gasteiger partial charge in [-0.3, -0.25) is 0 Å². The molecule has 1 heterocycles. The molecule has 3 nitrogen and oxygen atoms in total. The smallest absolute Gasteiger partial charge is 0.137 e. The van der Waals surface area contributed by atoms with E-state index in [0.717, 1.165) is 30.9 Å². The number of ether oxygens (including phenoxy) is 2. The SMILES string of the molecule is C[C@@H](N)c1ccc(OCC2CCOC2)c(Cl)c1. The van der Waals surface area contributed by atoms with Crippen molar-refractivity contribution in [2.24, 2.45) is 11.7 Å². The topological polar surface area (TPSA) is 44.5 Å². The molecule has 0 radical (unpaired) electrons. The summed E-state index contributed by atoms with van der Waals surface area (Å²) >= 11 is 6.15. The van der Waals surface area contributed by atoms with Gasteiger partial charge in [-0.1, -0.05) is 17.7 Å². The number of rotatable bonds is 4. The van der Waals surface area contributed by atoms with Gasteiger partial charge >= 0.3 is 0 Å². The van der Waals surface area contributed by atoms with Crippen molar-refractivity contribution in [1.82, 2.24) is 0 Å². The fourth-order valence-electron chi connectivity index (χ4n) is 1.84. The lowest BCUT2D eigenvalue weighted by atomic mass is 10.1. The van der Waals surface area contributed by atoms with Crippen LogP contribution in [0.2, 0.25) is 5.02 Å². The van der Waals surface area contributed by atoms with Crippen LogP contribution in [0.1, 0.15) is 24.9 Å². The molecule has 1 unspecified atom stereocenters. The third kappa shape index (κ3) is 3.35. The summed E-state index contributed by atoms with van der Waals surface area (Å²) in [5, 5.41) is 0.624. The first-order valence-electron chi connectivity index (χ1n) is 5.92. The summed E-state index contributed by atoms with van der Waals surface area (Å²) in [5.41, 5.74) is 6.81. The molecule has 0 spiro atoms. The number of hydrogen-bond acceptors (Lipinski definition) is 3. The summed E-state index contributed by atoms with van der Waals surface area (Å²) in [6, 6.07) is 5.70. The van der Waals surface area contributed by atoms with Crippen LogP contribution in [0.15, 0.2) is 18.2 Å². The van der Waals surface area contributed by atoms with Crippen LogP contribution in [0, 0.1) is 5.92 Å². The molecule has 1 fully saturated rings. The van der Waals surface area contributed by atoms with Crippen LogP contribution in [-0.2, 0) is 4.74 Å². The average molecular weight is 256 g/mol. The predicted molar refractivity (Wildman–Crippen MR) is 68.5 cm³/mol. The maximum absolute atomic E-state index is 6.15. The molecule has 17 heavy (non-hydrogen) atoms. The molecule has 0 amide bonds. The Kier molecular flexibility index (Phi) is 4.26. The molecular formula is C13H18ClNO2. The lowest BCUT2D eigenvalue weighted by Gasteiger charge is -2.13. The first-order chi connectivity index (χ1) is 8.16. The van der Waals surface area contributed by atoms with Gasteiger partial charge in [-0.2, -0.15) is 0 Å². The lowest BCUT2D eigenvalue weighted by Crippen LogP contribution is -2.12. The van der Waals surface area contributed by atoms with Gasteiger partial charge in [0.2, 0.25) is 0 Å². The van der Waals surface area contributed by atoms with E-state index in [4.69, 9.17) is 26.8 Å². The molecule has 1 aromatic rings. The molecule has 2 N–H and O–H groups in total. The Morgan fingerprint density at radius 1 is 1.59 bits per heavy atom. The molecule has 1 aromatic carbocycles. The van der Waals surface area contributed by atoms with Crippen molar-refractivity contribution in [3.05, 3.63) is 28.8 Å². The number of benzene rings is 1. The van der Waals surface area contributed by atoms with Crippen molar-refractivity contribution in [1.29, 1.82) is 0 Å². The Balaban J connectivity index is 1.96. The van der Waals surface area contributed by atoms with Crippen LogP contribution in [0.25, 0.3) is 0 Å². The van der Waals surface area contributed by atoms with E-state index in [-0.39, 0.29) is 6.04 Å². The van der Waals surface area contributed by atoms with Gasteiger partial charge in [0.25, 0.3) is 0 Å². The molecule has 1 saturated heterocycles. The highest BCUT2D eigenvalue weighted by molar-refractivity contribution is 6.32. The van der Waals surface area contributed by atoms with Gasteiger partial charge in [0.1, 0.15) is 5.75 Å². The minimum absolute atomic E-state index is 0.00946. The zero-order chi connectivity index (χ0) is 12.3. The standard InChI is InChI=1S/C13H18ClNO2/c1-9(15)11-2-3-13(12(14)6-11)17-8-10-4-5-16-7-10/h2-3,6,9-10H,4-5,7-8,15H2,1H3/t9-,10?/m1/s1. The van der Waals surface area contributed by atoms with E-state index in [1.165, 1.54) is 0 Å². The fourth-order valence-corrected chi connectivity index (χ4v) is 2.08. The van der Waals surface area contributed by atoms with E-state index in [1.807, 2.05) is 25.1 Å². The molecule has 0 aliphatic carbocycles. The molecular weight excluding hydrogens is 238 g/mol. The van der Waals surface area contributed by atoms with E-state index < -0.39 is 0 Å². The Bertz CT molecular complexity index is 376. The van der Waals surface area contributed by atoms with Crippen LogP contribution >= 0.6 is 11.6 Å². The van der Waals surface area contributed by atoms with Crippen molar-refractivity contribution in [2.45, 2.75) is 19.4 Å². The van der Waals surface area contributed by atoms with Gasteiger partial charge in [0.05, 0.1) is 18.2 Å². The zero-order valence-electron chi connectivity index (χ0n) is 9.99. The highest BCUT2D eigenvalue weighted by Gasteiger charge is 2.16. The largest absolute Gasteiger partial charge is 0.492 e. The molecule has 94 valence electrons. The second kappa shape index (κ2) is 5.71. The third-order valence-electron chi connectivity index (χ3n) is 2.98. The molecule has 0 saturated carbocycles. The van der Waals surface area contributed by atoms with Crippen molar-refractivity contribution >= 4 is 11.6 Å². The molecule has 0 aromatic heterocycles. The van der Waals surface area contributed by atoms with Crippen LogP contribution in [0.5, 0.6) is 5.75 Å². The van der Waals surface area contributed by atoms with Crippen LogP contribution in [0.3, 0.4) is 0 Å². The van der Waals surface area contributed by atoms with Gasteiger partial charge in [0.15, 0.2) is 0 Å². The summed E-state index contributed by atoms with van der Waals surface area (Å²) in [7, 11) is 0. The predicted octanol–water partition coefficient (Wildman–Crippen LogP) is 2.78. The van der Waals surface area contributed by atoms with Gasteiger partial charge in [0, 0.05) is 18.6 Å². The lowest BCUT2D eigenvalue weighted by molar-refractivity contribution is 0.167. The molecule has 2 atom stereocenters. The van der Waals surface area contributed by atoms with Crippen molar-refractivity contribution in [3.8, 4) is 5.75 Å². The monoisotopic (exact) mass is 255 g/mol. The first-order valence-corrected chi connectivity index (χ1v) is 6.30.